The molecule has 0 radical (unpaired) electrons. The number of nitro groups is 1. The monoisotopic (exact) mass is 435 g/mol. The van der Waals surface area contributed by atoms with E-state index < -0.39 is 10.8 Å². The molecule has 1 N–H and O–H groups in total. The highest BCUT2D eigenvalue weighted by Gasteiger charge is 2.18. The first-order chi connectivity index (χ1) is 13.9. The van der Waals surface area contributed by atoms with Crippen LogP contribution in [0.1, 0.15) is 6.92 Å². The third kappa shape index (κ3) is 4.90. The molecule has 29 heavy (non-hydrogen) atoms. The molecule has 0 spiro atoms. The lowest BCUT2D eigenvalue weighted by Crippen LogP contribution is -2.15. The molecule has 0 saturated heterocycles. The summed E-state index contributed by atoms with van der Waals surface area (Å²) in [7, 11) is 0. The van der Waals surface area contributed by atoms with E-state index in [1.807, 2.05) is 6.92 Å². The lowest BCUT2D eigenvalue weighted by Gasteiger charge is -2.08. The Morgan fingerprint density at radius 3 is 2.66 bits per heavy atom. The van der Waals surface area contributed by atoms with Crippen LogP contribution in [0.5, 0.6) is 0 Å². The number of carbonyl (C=O) groups is 1. The maximum absolute atomic E-state index is 13.1. The lowest BCUT2D eigenvalue weighted by molar-refractivity contribution is -0.383. The molecule has 0 aliphatic heterocycles. The summed E-state index contributed by atoms with van der Waals surface area (Å²) in [5.74, 6) is -0.251. The van der Waals surface area contributed by atoms with Crippen LogP contribution in [0.2, 0.25) is 5.02 Å². The Morgan fingerprint density at radius 1 is 1.28 bits per heavy atom. The number of nitro benzene ring substituents is 1. The minimum atomic E-state index is -0.614. The van der Waals surface area contributed by atoms with Gasteiger partial charge in [-0.3, -0.25) is 14.9 Å². The smallest absolute Gasteiger partial charge is 0.294 e. The number of hydrogen-bond donors (Lipinski definition) is 1. The van der Waals surface area contributed by atoms with E-state index in [1.165, 1.54) is 30.3 Å². The van der Waals surface area contributed by atoms with Crippen LogP contribution in [-0.4, -0.2) is 31.3 Å². The Labute approximate surface area is 174 Å². The predicted molar refractivity (Wildman–Crippen MR) is 109 cm³/mol. The highest BCUT2D eigenvalue weighted by atomic mass is 35.5. The fraction of sp³-hybridized carbons (Fsp3) is 0.167. The Hall–Kier alpha value is -2.98. The summed E-state index contributed by atoms with van der Waals surface area (Å²) in [5, 5.41) is 22.6. The second kappa shape index (κ2) is 9.01. The van der Waals surface area contributed by atoms with Crippen LogP contribution in [0.15, 0.2) is 47.6 Å². The van der Waals surface area contributed by atoms with Crippen LogP contribution in [0.25, 0.3) is 11.4 Å². The first-order valence-electron chi connectivity index (χ1n) is 8.44. The summed E-state index contributed by atoms with van der Waals surface area (Å²) in [6.07, 6.45) is 0. The van der Waals surface area contributed by atoms with Crippen LogP contribution < -0.4 is 5.32 Å². The van der Waals surface area contributed by atoms with E-state index in [0.717, 1.165) is 11.8 Å². The highest BCUT2D eigenvalue weighted by Crippen LogP contribution is 2.28. The van der Waals surface area contributed by atoms with Gasteiger partial charge in [-0.2, -0.15) is 0 Å². The third-order valence-corrected chi connectivity index (χ3v) is 5.10. The molecular formula is C18H15ClFN5O3S. The van der Waals surface area contributed by atoms with Gasteiger partial charge in [-0.15, -0.1) is 10.2 Å². The van der Waals surface area contributed by atoms with Gasteiger partial charge in [-0.05, 0) is 43.3 Å². The second-order valence-electron chi connectivity index (χ2n) is 5.81. The van der Waals surface area contributed by atoms with Crippen molar-refractivity contribution < 1.29 is 14.1 Å². The molecule has 2 aromatic carbocycles. The molecule has 1 heterocycles. The van der Waals surface area contributed by atoms with E-state index in [2.05, 4.69) is 15.5 Å². The second-order valence-corrected chi connectivity index (χ2v) is 7.19. The molecule has 3 rings (SSSR count). The van der Waals surface area contributed by atoms with E-state index >= 15 is 0 Å². The Balaban J connectivity index is 1.71. The van der Waals surface area contributed by atoms with Gasteiger partial charge in [0.25, 0.3) is 5.69 Å². The van der Waals surface area contributed by atoms with Gasteiger partial charge in [0, 0.05) is 23.2 Å². The largest absolute Gasteiger partial charge is 0.320 e. The molecule has 0 aliphatic carbocycles. The number of thioether (sulfide) groups is 1. The Morgan fingerprint density at radius 2 is 2.00 bits per heavy atom. The minimum absolute atomic E-state index is 0.0265. The maximum Gasteiger partial charge on any atom is 0.294 e. The molecule has 0 fully saturated rings. The Bertz CT molecular complexity index is 1060. The molecule has 3 aromatic rings. The van der Waals surface area contributed by atoms with Crippen LogP contribution in [-0.2, 0) is 11.3 Å². The standard InChI is InChI=1S/C18H15ClFN5O3S/c1-2-24-17(11-3-6-13(20)7-4-11)22-23-18(24)29-10-16(26)21-14-8-5-12(19)9-15(14)25(27)28/h3-9H,2,10H2,1H3,(H,21,26). The van der Waals surface area contributed by atoms with Crippen LogP contribution in [0, 0.1) is 15.9 Å². The van der Waals surface area contributed by atoms with Gasteiger partial charge in [0.1, 0.15) is 11.5 Å². The summed E-state index contributed by atoms with van der Waals surface area (Å²) < 4.78 is 14.9. The van der Waals surface area contributed by atoms with Crippen molar-refractivity contribution in [2.75, 3.05) is 11.1 Å². The van der Waals surface area contributed by atoms with Gasteiger partial charge in [0.15, 0.2) is 11.0 Å². The molecule has 0 bridgehead atoms. The van der Waals surface area contributed by atoms with Crippen molar-refractivity contribution in [3.8, 4) is 11.4 Å². The van der Waals surface area contributed by atoms with Crippen LogP contribution in [0.4, 0.5) is 15.8 Å². The summed E-state index contributed by atoms with van der Waals surface area (Å²) in [6.45, 7) is 2.45. The fourth-order valence-electron chi connectivity index (χ4n) is 2.57. The van der Waals surface area contributed by atoms with E-state index in [-0.39, 0.29) is 28.0 Å². The van der Waals surface area contributed by atoms with Crippen molar-refractivity contribution in [3.05, 3.63) is 63.4 Å². The zero-order valence-corrected chi connectivity index (χ0v) is 16.7. The molecule has 0 unspecified atom stereocenters. The fourth-order valence-corrected chi connectivity index (χ4v) is 3.54. The molecule has 11 heteroatoms. The van der Waals surface area contributed by atoms with E-state index in [4.69, 9.17) is 11.6 Å². The molecule has 0 saturated carbocycles. The van der Waals surface area contributed by atoms with Crippen molar-refractivity contribution in [2.24, 2.45) is 0 Å². The SMILES string of the molecule is CCn1c(SCC(=O)Nc2ccc(Cl)cc2[N+](=O)[O-])nnc1-c1ccc(F)cc1. The van der Waals surface area contributed by atoms with Crippen LogP contribution in [0.3, 0.4) is 0 Å². The molecular weight excluding hydrogens is 421 g/mol. The Kier molecular flexibility index (Phi) is 6.45. The quantitative estimate of drug-likeness (QED) is 0.335. The number of benzene rings is 2. The lowest BCUT2D eigenvalue weighted by atomic mass is 10.2. The zero-order chi connectivity index (χ0) is 21.0. The van der Waals surface area contributed by atoms with Crippen molar-refractivity contribution in [2.45, 2.75) is 18.6 Å². The number of aromatic nitrogens is 3. The van der Waals surface area contributed by atoms with Crippen molar-refractivity contribution >= 4 is 40.6 Å². The van der Waals surface area contributed by atoms with Gasteiger partial charge in [-0.1, -0.05) is 23.4 Å². The molecule has 1 aromatic heterocycles. The first-order valence-corrected chi connectivity index (χ1v) is 9.81. The van der Waals surface area contributed by atoms with Gasteiger partial charge in [0.05, 0.1) is 10.7 Å². The van der Waals surface area contributed by atoms with Crippen molar-refractivity contribution in [1.29, 1.82) is 0 Å². The van der Waals surface area contributed by atoms with Gasteiger partial charge in [-0.25, -0.2) is 4.39 Å². The number of halogens is 2. The van der Waals surface area contributed by atoms with E-state index in [1.54, 1.807) is 16.7 Å². The number of carbonyl (C=O) groups excluding carboxylic acids is 1. The summed E-state index contributed by atoms with van der Waals surface area (Å²) in [4.78, 5) is 22.8. The number of rotatable bonds is 7. The summed E-state index contributed by atoms with van der Waals surface area (Å²) in [6, 6.07) is 9.89. The van der Waals surface area contributed by atoms with Crippen LogP contribution >= 0.6 is 23.4 Å². The van der Waals surface area contributed by atoms with Gasteiger partial charge >= 0.3 is 0 Å². The predicted octanol–water partition coefficient (Wildman–Crippen LogP) is 4.40. The highest BCUT2D eigenvalue weighted by molar-refractivity contribution is 7.99. The average Bonchev–Trinajstić information content (AvgIpc) is 3.11. The maximum atomic E-state index is 13.1. The van der Waals surface area contributed by atoms with Crippen molar-refractivity contribution in [1.82, 2.24) is 14.8 Å². The zero-order valence-electron chi connectivity index (χ0n) is 15.1. The number of anilines is 1. The van der Waals surface area contributed by atoms with Crippen molar-refractivity contribution in [3.63, 3.8) is 0 Å². The van der Waals surface area contributed by atoms with E-state index in [0.29, 0.717) is 23.1 Å². The third-order valence-electron chi connectivity index (χ3n) is 3.90. The number of nitrogens with one attached hydrogen (secondary N) is 1. The molecule has 0 atom stereocenters. The first kappa shape index (κ1) is 20.7. The average molecular weight is 436 g/mol. The van der Waals surface area contributed by atoms with E-state index in [9.17, 15) is 19.3 Å². The number of amides is 1. The minimum Gasteiger partial charge on any atom is -0.320 e. The molecule has 150 valence electrons. The number of hydrogen-bond acceptors (Lipinski definition) is 6. The number of nitrogens with zero attached hydrogens (tertiary/aromatic N) is 4. The summed E-state index contributed by atoms with van der Waals surface area (Å²) >= 11 is 6.92. The molecule has 8 nitrogen and oxygen atoms in total. The molecule has 1 amide bonds. The normalized spacial score (nSPS) is 10.7. The molecule has 0 aliphatic rings. The van der Waals surface area contributed by atoms with Gasteiger partial charge in [0.2, 0.25) is 5.91 Å². The van der Waals surface area contributed by atoms with Gasteiger partial charge < -0.3 is 9.88 Å². The topological polar surface area (TPSA) is 103 Å². The summed E-state index contributed by atoms with van der Waals surface area (Å²) in [5.41, 5.74) is 0.481.